The fourth-order valence-electron chi connectivity index (χ4n) is 1.51. The Morgan fingerprint density at radius 3 is 2.06 bits per heavy atom. The minimum absolute atomic E-state index is 0.385. The maximum Gasteiger partial charge on any atom is 0.182 e. The Hall–Kier alpha value is -2.09. The number of benzene rings is 2. The van der Waals surface area contributed by atoms with Crippen molar-refractivity contribution in [3.05, 3.63) is 77.0 Å². The van der Waals surface area contributed by atoms with Gasteiger partial charge >= 0.3 is 0 Å². The number of nitrogens with zero attached hydrogens (tertiary/aromatic N) is 1. The summed E-state index contributed by atoms with van der Waals surface area (Å²) < 4.78 is 0.949. The van der Waals surface area contributed by atoms with E-state index >= 15 is 0 Å². The Balaban J connectivity index is 2.09. The molecule has 2 aromatic carbocycles. The second-order valence-corrected chi connectivity index (χ2v) is 3.60. The number of rotatable bonds is 3. The smallest absolute Gasteiger partial charge is 0.182 e. The zero-order valence-electron chi connectivity index (χ0n) is 8.91. The molecule has 16 heavy (non-hydrogen) atoms. The molecule has 0 bridgehead atoms. The molecule has 0 atom stereocenters. The van der Waals surface area contributed by atoms with Gasteiger partial charge in [0.05, 0.1) is 0 Å². The first-order valence-corrected chi connectivity index (χ1v) is 5.22. The Bertz CT molecular complexity index is 463. The summed E-state index contributed by atoms with van der Waals surface area (Å²) in [7, 11) is 0. The lowest BCUT2D eigenvalue weighted by molar-refractivity contribution is -0.469. The van der Waals surface area contributed by atoms with E-state index in [4.69, 9.17) is 0 Å². The van der Waals surface area contributed by atoms with E-state index in [9.17, 15) is 5.21 Å². The van der Waals surface area contributed by atoms with Crippen molar-refractivity contribution in [1.82, 2.24) is 0 Å². The van der Waals surface area contributed by atoms with E-state index in [1.54, 1.807) is 6.21 Å². The Morgan fingerprint density at radius 1 is 0.875 bits per heavy atom. The fourth-order valence-corrected chi connectivity index (χ4v) is 1.51. The molecule has 0 aliphatic heterocycles. The summed E-state index contributed by atoms with van der Waals surface area (Å²) in [6.07, 6.45) is 1.60. The van der Waals surface area contributed by atoms with Gasteiger partial charge < -0.3 is 5.21 Å². The molecule has 2 aromatic rings. The predicted octanol–water partition coefficient (Wildman–Crippen LogP) is 2.82. The van der Waals surface area contributed by atoms with Crippen LogP contribution in [0.5, 0.6) is 0 Å². The zero-order chi connectivity index (χ0) is 11.2. The maximum absolute atomic E-state index is 11.6. The minimum atomic E-state index is 0.385. The third-order valence-corrected chi connectivity index (χ3v) is 2.27. The van der Waals surface area contributed by atoms with Crippen molar-refractivity contribution in [3.8, 4) is 0 Å². The third kappa shape index (κ3) is 2.95. The predicted molar refractivity (Wildman–Crippen MR) is 65.4 cm³/mol. The van der Waals surface area contributed by atoms with Gasteiger partial charge in [0.1, 0.15) is 0 Å². The highest BCUT2D eigenvalue weighted by Crippen LogP contribution is 2.00. The first kappa shape index (κ1) is 10.4. The normalized spacial score (nSPS) is 11.4. The van der Waals surface area contributed by atoms with Crippen molar-refractivity contribution in [2.75, 3.05) is 0 Å². The van der Waals surface area contributed by atoms with E-state index in [1.807, 2.05) is 60.7 Å². The SMILES string of the molecule is [O-]/[N+](=C/c1ccccc1)Cc1ccccc1. The summed E-state index contributed by atoms with van der Waals surface area (Å²) >= 11 is 0. The van der Waals surface area contributed by atoms with Crippen molar-refractivity contribution in [2.45, 2.75) is 6.54 Å². The molecule has 0 N–H and O–H groups in total. The summed E-state index contributed by atoms with van der Waals surface area (Å²) in [5.74, 6) is 0. The van der Waals surface area contributed by atoms with Crippen LogP contribution in [0, 0.1) is 5.21 Å². The molecule has 0 spiro atoms. The summed E-state index contributed by atoms with van der Waals surface area (Å²) in [5.41, 5.74) is 1.94. The molecular weight excluding hydrogens is 198 g/mol. The Morgan fingerprint density at radius 2 is 1.44 bits per heavy atom. The number of hydrogen-bond donors (Lipinski definition) is 0. The summed E-state index contributed by atoms with van der Waals surface area (Å²) in [4.78, 5) is 0. The highest BCUT2D eigenvalue weighted by molar-refractivity contribution is 5.75. The molecule has 2 rings (SSSR count). The topological polar surface area (TPSA) is 26.1 Å². The van der Waals surface area contributed by atoms with Crippen LogP contribution < -0.4 is 0 Å². The molecule has 0 radical (unpaired) electrons. The quantitative estimate of drug-likeness (QED) is 0.332. The van der Waals surface area contributed by atoms with Crippen molar-refractivity contribution < 1.29 is 4.74 Å². The second-order valence-electron chi connectivity index (χ2n) is 3.60. The largest absolute Gasteiger partial charge is 0.624 e. The van der Waals surface area contributed by atoms with Crippen LogP contribution in [0.2, 0.25) is 0 Å². The third-order valence-electron chi connectivity index (χ3n) is 2.27. The first-order valence-electron chi connectivity index (χ1n) is 5.22. The van der Waals surface area contributed by atoms with Crippen LogP contribution in [-0.4, -0.2) is 11.0 Å². The Kier molecular flexibility index (Phi) is 3.34. The van der Waals surface area contributed by atoms with Crippen molar-refractivity contribution in [1.29, 1.82) is 0 Å². The van der Waals surface area contributed by atoms with Crippen molar-refractivity contribution in [3.63, 3.8) is 0 Å². The zero-order valence-corrected chi connectivity index (χ0v) is 8.91. The molecule has 80 valence electrons. The highest BCUT2D eigenvalue weighted by atomic mass is 16.5. The van der Waals surface area contributed by atoms with Gasteiger partial charge in [0.2, 0.25) is 0 Å². The molecule has 0 aliphatic carbocycles. The molecule has 2 heteroatoms. The van der Waals surface area contributed by atoms with Crippen molar-refractivity contribution >= 4 is 6.21 Å². The fraction of sp³-hybridized carbons (Fsp3) is 0.0714. The van der Waals surface area contributed by atoms with Crippen LogP contribution in [0.3, 0.4) is 0 Å². The molecule has 0 aromatic heterocycles. The van der Waals surface area contributed by atoms with Gasteiger partial charge in [0.25, 0.3) is 0 Å². The van der Waals surface area contributed by atoms with E-state index in [0.29, 0.717) is 6.54 Å². The average Bonchev–Trinajstić information content (AvgIpc) is 2.31. The summed E-state index contributed by atoms with van der Waals surface area (Å²) in [5, 5.41) is 11.6. The van der Waals surface area contributed by atoms with Gasteiger partial charge in [0, 0.05) is 11.1 Å². The molecule has 0 saturated carbocycles. The van der Waals surface area contributed by atoms with Gasteiger partial charge in [-0.2, -0.15) is 0 Å². The monoisotopic (exact) mass is 211 g/mol. The van der Waals surface area contributed by atoms with E-state index in [2.05, 4.69) is 0 Å². The van der Waals surface area contributed by atoms with E-state index in [0.717, 1.165) is 15.9 Å². The van der Waals surface area contributed by atoms with Crippen LogP contribution in [0.1, 0.15) is 11.1 Å². The molecule has 0 saturated heterocycles. The highest BCUT2D eigenvalue weighted by Gasteiger charge is 1.97. The van der Waals surface area contributed by atoms with Gasteiger partial charge in [-0.15, -0.1) is 0 Å². The maximum atomic E-state index is 11.6. The van der Waals surface area contributed by atoms with Crippen LogP contribution in [0.15, 0.2) is 60.7 Å². The van der Waals surface area contributed by atoms with Crippen LogP contribution in [0.4, 0.5) is 0 Å². The van der Waals surface area contributed by atoms with Crippen molar-refractivity contribution in [2.24, 2.45) is 0 Å². The van der Waals surface area contributed by atoms with Gasteiger partial charge in [-0.3, -0.25) is 0 Å². The van der Waals surface area contributed by atoms with Crippen LogP contribution >= 0.6 is 0 Å². The molecule has 0 heterocycles. The summed E-state index contributed by atoms with van der Waals surface area (Å²) in [6, 6.07) is 19.3. The van der Waals surface area contributed by atoms with Crippen LogP contribution in [-0.2, 0) is 6.54 Å². The first-order chi connectivity index (χ1) is 7.84. The molecule has 2 nitrogen and oxygen atoms in total. The number of hydrogen-bond acceptors (Lipinski definition) is 1. The van der Waals surface area contributed by atoms with Gasteiger partial charge in [-0.05, 0) is 12.1 Å². The van der Waals surface area contributed by atoms with E-state index in [-0.39, 0.29) is 0 Å². The molecule has 0 fully saturated rings. The number of hydroxylamine groups is 1. The van der Waals surface area contributed by atoms with Crippen LogP contribution in [0.25, 0.3) is 0 Å². The lowest BCUT2D eigenvalue weighted by Crippen LogP contribution is -2.05. The molecule has 0 unspecified atom stereocenters. The minimum Gasteiger partial charge on any atom is -0.624 e. The molecule has 0 amide bonds. The standard InChI is InChI=1S/C14H13NO/c16-15(11-13-7-3-1-4-8-13)12-14-9-5-2-6-10-14/h1-11H,12H2/b15-11+. The second kappa shape index (κ2) is 5.12. The average molecular weight is 211 g/mol. The van der Waals surface area contributed by atoms with Gasteiger partial charge in [-0.1, -0.05) is 48.5 Å². The van der Waals surface area contributed by atoms with Gasteiger partial charge in [0.15, 0.2) is 12.8 Å². The lowest BCUT2D eigenvalue weighted by Gasteiger charge is -2.03. The molecular formula is C14H13NO. The Labute approximate surface area is 95.1 Å². The van der Waals surface area contributed by atoms with Gasteiger partial charge in [-0.25, -0.2) is 4.74 Å². The lowest BCUT2D eigenvalue weighted by atomic mass is 10.2. The summed E-state index contributed by atoms with van der Waals surface area (Å²) in [6.45, 7) is 0.385. The van der Waals surface area contributed by atoms with E-state index < -0.39 is 0 Å². The molecule has 0 aliphatic rings. The van der Waals surface area contributed by atoms with E-state index in [1.165, 1.54) is 0 Å².